The van der Waals surface area contributed by atoms with Crippen LogP contribution in [0.5, 0.6) is 0 Å². The molecule has 1 heterocycles. The molecular formula is C17H28N2. The van der Waals surface area contributed by atoms with E-state index in [0.29, 0.717) is 12.0 Å². The summed E-state index contributed by atoms with van der Waals surface area (Å²) in [5.74, 6) is 0.623. The van der Waals surface area contributed by atoms with Gasteiger partial charge in [0.2, 0.25) is 0 Å². The molecule has 2 nitrogen and oxygen atoms in total. The molecule has 1 aromatic rings. The summed E-state index contributed by atoms with van der Waals surface area (Å²) in [6, 6.07) is 10.5. The van der Waals surface area contributed by atoms with Crippen LogP contribution in [0, 0.1) is 0 Å². The molecule has 0 N–H and O–H groups in total. The summed E-state index contributed by atoms with van der Waals surface area (Å²) >= 11 is 0. The maximum absolute atomic E-state index is 2.53. The van der Waals surface area contributed by atoms with Gasteiger partial charge in [-0.3, -0.25) is 9.80 Å². The van der Waals surface area contributed by atoms with E-state index in [2.05, 4.69) is 68.8 Å². The number of hydrogen-bond donors (Lipinski definition) is 0. The Balaban J connectivity index is 1.84. The number of likely N-dealkylation sites (N-methyl/N-ethyl adjacent to an activating group) is 1. The summed E-state index contributed by atoms with van der Waals surface area (Å²) in [5.41, 5.74) is 2.86. The zero-order chi connectivity index (χ0) is 14.0. The molecule has 1 aromatic carbocycles. The van der Waals surface area contributed by atoms with Crippen LogP contribution in [0.3, 0.4) is 0 Å². The van der Waals surface area contributed by atoms with Crippen LogP contribution in [-0.4, -0.2) is 42.0 Å². The van der Waals surface area contributed by atoms with E-state index in [9.17, 15) is 0 Å². The zero-order valence-corrected chi connectivity index (χ0v) is 13.1. The first-order valence-electron chi connectivity index (χ1n) is 7.50. The van der Waals surface area contributed by atoms with Gasteiger partial charge in [0.25, 0.3) is 0 Å². The third-order valence-corrected chi connectivity index (χ3v) is 4.32. The fourth-order valence-electron chi connectivity index (χ4n) is 2.61. The summed E-state index contributed by atoms with van der Waals surface area (Å²) < 4.78 is 0. The molecule has 0 atom stereocenters. The van der Waals surface area contributed by atoms with Gasteiger partial charge in [-0.25, -0.2) is 0 Å². The van der Waals surface area contributed by atoms with Gasteiger partial charge in [-0.15, -0.1) is 0 Å². The summed E-state index contributed by atoms with van der Waals surface area (Å²) in [6.07, 6.45) is 0. The van der Waals surface area contributed by atoms with E-state index < -0.39 is 0 Å². The van der Waals surface area contributed by atoms with Gasteiger partial charge < -0.3 is 0 Å². The van der Waals surface area contributed by atoms with E-state index in [1.807, 2.05) is 0 Å². The van der Waals surface area contributed by atoms with Crippen molar-refractivity contribution in [3.05, 3.63) is 35.4 Å². The van der Waals surface area contributed by atoms with Crippen LogP contribution in [0.15, 0.2) is 24.3 Å². The van der Waals surface area contributed by atoms with Crippen LogP contribution in [0.4, 0.5) is 0 Å². The van der Waals surface area contributed by atoms with Crippen molar-refractivity contribution in [2.24, 2.45) is 0 Å². The second-order valence-electron chi connectivity index (χ2n) is 6.51. The van der Waals surface area contributed by atoms with Crippen molar-refractivity contribution in [3.8, 4) is 0 Å². The van der Waals surface area contributed by atoms with Crippen LogP contribution in [-0.2, 0) is 6.54 Å². The lowest BCUT2D eigenvalue weighted by molar-refractivity contribution is 0.0234. The maximum atomic E-state index is 2.53. The van der Waals surface area contributed by atoms with Gasteiger partial charge in [-0.05, 0) is 37.9 Å². The summed E-state index contributed by atoms with van der Waals surface area (Å²) in [4.78, 5) is 5.02. The number of likely N-dealkylation sites (tertiary alicyclic amines) is 1. The molecule has 1 aliphatic rings. The van der Waals surface area contributed by atoms with Gasteiger partial charge in [0.1, 0.15) is 0 Å². The Morgan fingerprint density at radius 3 is 2.16 bits per heavy atom. The highest BCUT2D eigenvalue weighted by atomic mass is 15.3. The third-order valence-electron chi connectivity index (χ3n) is 4.32. The predicted octanol–water partition coefficient (Wildman–Crippen LogP) is 3.33. The Bertz CT molecular complexity index is 388. The van der Waals surface area contributed by atoms with Crippen LogP contribution in [0.1, 0.15) is 44.7 Å². The van der Waals surface area contributed by atoms with Crippen molar-refractivity contribution < 1.29 is 0 Å². The number of rotatable bonds is 5. The zero-order valence-electron chi connectivity index (χ0n) is 13.1. The summed E-state index contributed by atoms with van der Waals surface area (Å²) in [6.45, 7) is 12.6. The van der Waals surface area contributed by atoms with Gasteiger partial charge in [0, 0.05) is 31.7 Å². The van der Waals surface area contributed by atoms with Crippen LogP contribution in [0.2, 0.25) is 0 Å². The highest BCUT2D eigenvalue weighted by Crippen LogP contribution is 2.20. The number of benzene rings is 1. The molecule has 106 valence electrons. The first kappa shape index (κ1) is 14.5. The largest absolute Gasteiger partial charge is 0.298 e. The monoisotopic (exact) mass is 260 g/mol. The highest BCUT2D eigenvalue weighted by Gasteiger charge is 2.31. The van der Waals surface area contributed by atoms with Crippen molar-refractivity contribution in [2.75, 3.05) is 20.1 Å². The molecule has 1 aliphatic heterocycles. The van der Waals surface area contributed by atoms with Crippen LogP contribution in [0.25, 0.3) is 0 Å². The Labute approximate surface area is 118 Å². The Kier molecular flexibility index (Phi) is 4.64. The molecule has 0 unspecified atom stereocenters. The van der Waals surface area contributed by atoms with E-state index in [4.69, 9.17) is 0 Å². The Hall–Kier alpha value is -0.860. The van der Waals surface area contributed by atoms with Crippen molar-refractivity contribution in [2.45, 2.75) is 52.2 Å². The number of nitrogens with zero attached hydrogens (tertiary/aromatic N) is 2. The molecule has 0 saturated carbocycles. The predicted molar refractivity (Wildman–Crippen MR) is 82.5 cm³/mol. The molecule has 19 heavy (non-hydrogen) atoms. The lowest BCUT2D eigenvalue weighted by Crippen LogP contribution is -2.60. The SMILES string of the molecule is CC(C)c1ccc(CN(C)C2CN(C(C)C)C2)cc1. The Morgan fingerprint density at radius 1 is 1.11 bits per heavy atom. The minimum atomic E-state index is 0.623. The van der Waals surface area contributed by atoms with Gasteiger partial charge in [-0.1, -0.05) is 38.1 Å². The molecule has 0 bridgehead atoms. The average molecular weight is 260 g/mol. The molecule has 2 heteroatoms. The molecule has 0 radical (unpaired) electrons. The van der Waals surface area contributed by atoms with Crippen molar-refractivity contribution in [1.82, 2.24) is 9.80 Å². The van der Waals surface area contributed by atoms with E-state index in [1.54, 1.807) is 0 Å². The highest BCUT2D eigenvalue weighted by molar-refractivity contribution is 5.24. The number of hydrogen-bond acceptors (Lipinski definition) is 2. The van der Waals surface area contributed by atoms with E-state index in [0.717, 1.165) is 12.6 Å². The van der Waals surface area contributed by atoms with Gasteiger partial charge in [0.05, 0.1) is 0 Å². The third kappa shape index (κ3) is 3.58. The lowest BCUT2D eigenvalue weighted by Gasteiger charge is -2.46. The Morgan fingerprint density at radius 2 is 1.68 bits per heavy atom. The molecule has 2 rings (SSSR count). The molecule has 0 aromatic heterocycles. The fraction of sp³-hybridized carbons (Fsp3) is 0.647. The first-order chi connectivity index (χ1) is 8.97. The smallest absolute Gasteiger partial charge is 0.0351 e. The molecule has 0 spiro atoms. The van der Waals surface area contributed by atoms with Gasteiger partial charge >= 0.3 is 0 Å². The summed E-state index contributed by atoms with van der Waals surface area (Å²) in [5, 5.41) is 0. The van der Waals surface area contributed by atoms with Crippen molar-refractivity contribution in [1.29, 1.82) is 0 Å². The van der Waals surface area contributed by atoms with E-state index in [-0.39, 0.29) is 0 Å². The maximum Gasteiger partial charge on any atom is 0.0351 e. The fourth-order valence-corrected chi connectivity index (χ4v) is 2.61. The minimum Gasteiger partial charge on any atom is -0.298 e. The van der Waals surface area contributed by atoms with Crippen molar-refractivity contribution in [3.63, 3.8) is 0 Å². The lowest BCUT2D eigenvalue weighted by atomic mass is 10.0. The molecular weight excluding hydrogens is 232 g/mol. The van der Waals surface area contributed by atoms with E-state index in [1.165, 1.54) is 24.2 Å². The van der Waals surface area contributed by atoms with Crippen LogP contribution < -0.4 is 0 Å². The average Bonchev–Trinajstić information content (AvgIpc) is 2.26. The topological polar surface area (TPSA) is 6.48 Å². The second-order valence-corrected chi connectivity index (χ2v) is 6.51. The molecule has 0 amide bonds. The van der Waals surface area contributed by atoms with Crippen LogP contribution >= 0.6 is 0 Å². The second kappa shape index (κ2) is 6.06. The molecule has 1 saturated heterocycles. The van der Waals surface area contributed by atoms with E-state index >= 15 is 0 Å². The normalized spacial score (nSPS) is 17.5. The quantitative estimate of drug-likeness (QED) is 0.801. The van der Waals surface area contributed by atoms with Gasteiger partial charge in [0.15, 0.2) is 0 Å². The van der Waals surface area contributed by atoms with Crippen molar-refractivity contribution >= 4 is 0 Å². The molecule has 0 aliphatic carbocycles. The molecule has 1 fully saturated rings. The standard InChI is InChI=1S/C17H28N2/c1-13(2)16-8-6-15(7-9-16)10-18(5)17-11-19(12-17)14(3)4/h6-9,13-14,17H,10-12H2,1-5H3. The van der Waals surface area contributed by atoms with Gasteiger partial charge in [-0.2, -0.15) is 0 Å². The summed E-state index contributed by atoms with van der Waals surface area (Å²) in [7, 11) is 2.25. The minimum absolute atomic E-state index is 0.623. The first-order valence-corrected chi connectivity index (χ1v) is 7.50.